The topological polar surface area (TPSA) is 66.0 Å². The standard InChI is InChI=1S/C7H4N2O2/c8-4-6(5-9)7-10-2-1-3-11-7/h1-2H,3H2. The first-order valence-corrected chi connectivity index (χ1v) is 2.87. The second-order valence-electron chi connectivity index (χ2n) is 1.69. The molecule has 0 spiro atoms. The van der Waals surface area contributed by atoms with Gasteiger partial charge >= 0.3 is 5.95 Å². The molecule has 4 nitrogen and oxygen atoms in total. The zero-order chi connectivity index (χ0) is 8.10. The zero-order valence-electron chi connectivity index (χ0n) is 5.57. The van der Waals surface area contributed by atoms with Gasteiger partial charge in [-0.25, -0.2) is 0 Å². The average molecular weight is 148 g/mol. The van der Waals surface area contributed by atoms with Crippen LogP contribution in [0.15, 0.2) is 23.9 Å². The summed E-state index contributed by atoms with van der Waals surface area (Å²) in [6.07, 6.45) is 3.02. The number of allylic oxidation sites excluding steroid dienone is 1. The second kappa shape index (κ2) is 3.28. The molecule has 0 aromatic carbocycles. The normalized spacial score (nSPS) is 13.8. The van der Waals surface area contributed by atoms with Crippen LogP contribution in [-0.2, 0) is 9.47 Å². The van der Waals surface area contributed by atoms with Crippen molar-refractivity contribution in [2.45, 2.75) is 0 Å². The molecule has 1 aliphatic heterocycles. The summed E-state index contributed by atoms with van der Waals surface area (Å²) in [6, 6.07) is 3.31. The predicted octanol–water partition coefficient (Wildman–Crippen LogP) is 0.806. The highest BCUT2D eigenvalue weighted by Crippen LogP contribution is 2.10. The smallest absolute Gasteiger partial charge is 0.314 e. The lowest BCUT2D eigenvalue weighted by Gasteiger charge is -2.10. The minimum absolute atomic E-state index is 0.0162. The van der Waals surface area contributed by atoms with E-state index in [9.17, 15) is 0 Å². The van der Waals surface area contributed by atoms with Gasteiger partial charge in [-0.2, -0.15) is 10.5 Å². The van der Waals surface area contributed by atoms with Crippen LogP contribution in [0.3, 0.4) is 0 Å². The Hall–Kier alpha value is -1.94. The van der Waals surface area contributed by atoms with Gasteiger partial charge in [0, 0.05) is 0 Å². The molecule has 0 saturated carbocycles. The van der Waals surface area contributed by atoms with E-state index >= 15 is 0 Å². The Kier molecular flexibility index (Phi) is 2.14. The first-order chi connectivity index (χ1) is 5.38. The van der Waals surface area contributed by atoms with Crippen molar-refractivity contribution in [2.75, 3.05) is 6.61 Å². The Bertz CT molecular complexity index is 275. The van der Waals surface area contributed by atoms with Gasteiger partial charge in [0.15, 0.2) is 0 Å². The van der Waals surface area contributed by atoms with Gasteiger partial charge in [0.1, 0.15) is 18.7 Å². The highest BCUT2D eigenvalue weighted by Gasteiger charge is 2.10. The lowest BCUT2D eigenvalue weighted by molar-refractivity contribution is 0.0780. The van der Waals surface area contributed by atoms with E-state index in [1.807, 2.05) is 0 Å². The Balaban J connectivity index is 2.89. The van der Waals surface area contributed by atoms with E-state index < -0.39 is 0 Å². The Morgan fingerprint density at radius 3 is 2.64 bits per heavy atom. The molecule has 0 atom stereocenters. The monoisotopic (exact) mass is 148 g/mol. The van der Waals surface area contributed by atoms with Crippen LogP contribution in [0.25, 0.3) is 0 Å². The molecule has 1 heterocycles. The molecule has 1 aliphatic rings. The number of hydrogen-bond donors (Lipinski definition) is 0. The maximum Gasteiger partial charge on any atom is 0.314 e. The van der Waals surface area contributed by atoms with Crippen LogP contribution in [-0.4, -0.2) is 6.61 Å². The predicted molar refractivity (Wildman–Crippen MR) is 34.4 cm³/mol. The van der Waals surface area contributed by atoms with Crippen molar-refractivity contribution in [3.05, 3.63) is 23.9 Å². The lowest BCUT2D eigenvalue weighted by atomic mass is 10.3. The maximum atomic E-state index is 8.36. The van der Waals surface area contributed by atoms with E-state index in [1.165, 1.54) is 6.26 Å². The fourth-order valence-corrected chi connectivity index (χ4v) is 0.554. The van der Waals surface area contributed by atoms with Gasteiger partial charge < -0.3 is 9.47 Å². The molecule has 4 heteroatoms. The molecule has 0 aromatic heterocycles. The number of hydrogen-bond acceptors (Lipinski definition) is 4. The highest BCUT2D eigenvalue weighted by molar-refractivity contribution is 5.36. The molecular weight excluding hydrogens is 144 g/mol. The van der Waals surface area contributed by atoms with Crippen LogP contribution < -0.4 is 0 Å². The molecular formula is C7H4N2O2. The molecule has 0 N–H and O–H groups in total. The van der Waals surface area contributed by atoms with Crippen molar-refractivity contribution < 1.29 is 9.47 Å². The largest absolute Gasteiger partial charge is 0.459 e. The second-order valence-corrected chi connectivity index (χ2v) is 1.69. The van der Waals surface area contributed by atoms with Crippen molar-refractivity contribution in [2.24, 2.45) is 0 Å². The SMILES string of the molecule is N#CC(C#N)=C1OC=CCO1. The van der Waals surface area contributed by atoms with Gasteiger partial charge in [-0.3, -0.25) is 0 Å². The molecule has 54 valence electrons. The van der Waals surface area contributed by atoms with E-state index in [0.717, 1.165) is 0 Å². The summed E-state index contributed by atoms with van der Waals surface area (Å²) in [5.74, 6) is -0.0162. The summed E-state index contributed by atoms with van der Waals surface area (Å²) < 4.78 is 9.60. The van der Waals surface area contributed by atoms with Gasteiger partial charge in [-0.05, 0) is 6.08 Å². The van der Waals surface area contributed by atoms with E-state index in [2.05, 4.69) is 0 Å². The third kappa shape index (κ3) is 1.50. The Morgan fingerprint density at radius 2 is 2.18 bits per heavy atom. The van der Waals surface area contributed by atoms with E-state index in [-0.39, 0.29) is 11.5 Å². The number of nitrogens with zero attached hydrogens (tertiary/aromatic N) is 2. The van der Waals surface area contributed by atoms with Crippen LogP contribution in [0.2, 0.25) is 0 Å². The van der Waals surface area contributed by atoms with E-state index in [4.69, 9.17) is 20.0 Å². The third-order valence-corrected chi connectivity index (χ3v) is 1.01. The molecule has 0 aromatic rings. The molecule has 0 bridgehead atoms. The number of rotatable bonds is 0. The fourth-order valence-electron chi connectivity index (χ4n) is 0.554. The van der Waals surface area contributed by atoms with Crippen molar-refractivity contribution in [1.29, 1.82) is 10.5 Å². The highest BCUT2D eigenvalue weighted by atomic mass is 16.7. The molecule has 0 saturated heterocycles. The third-order valence-electron chi connectivity index (χ3n) is 1.01. The van der Waals surface area contributed by atoms with Crippen molar-refractivity contribution in [3.63, 3.8) is 0 Å². The van der Waals surface area contributed by atoms with Gasteiger partial charge in [-0.15, -0.1) is 0 Å². The molecule has 11 heavy (non-hydrogen) atoms. The van der Waals surface area contributed by atoms with Crippen LogP contribution in [0.1, 0.15) is 0 Å². The Morgan fingerprint density at radius 1 is 1.45 bits per heavy atom. The molecule has 0 aliphatic carbocycles. The molecule has 0 amide bonds. The van der Waals surface area contributed by atoms with Gasteiger partial charge in [-0.1, -0.05) is 0 Å². The van der Waals surface area contributed by atoms with Crippen molar-refractivity contribution in [3.8, 4) is 12.1 Å². The van der Waals surface area contributed by atoms with Gasteiger partial charge in [0.05, 0.1) is 6.26 Å². The number of nitriles is 2. The molecule has 0 fully saturated rings. The minimum Gasteiger partial charge on any atom is -0.459 e. The van der Waals surface area contributed by atoms with Crippen LogP contribution in [0, 0.1) is 22.7 Å². The summed E-state index contributed by atoms with van der Waals surface area (Å²) in [5, 5.41) is 16.7. The zero-order valence-corrected chi connectivity index (χ0v) is 5.57. The fraction of sp³-hybridized carbons (Fsp3) is 0.143. The van der Waals surface area contributed by atoms with Crippen LogP contribution in [0.4, 0.5) is 0 Å². The maximum absolute atomic E-state index is 8.36. The molecule has 0 radical (unpaired) electrons. The lowest BCUT2D eigenvalue weighted by Crippen LogP contribution is -2.02. The summed E-state index contributed by atoms with van der Waals surface area (Å²) in [5.41, 5.74) is -0.144. The van der Waals surface area contributed by atoms with E-state index in [1.54, 1.807) is 18.2 Å². The minimum atomic E-state index is -0.144. The quantitative estimate of drug-likeness (QED) is 0.476. The van der Waals surface area contributed by atoms with Gasteiger partial charge in [0.25, 0.3) is 0 Å². The summed E-state index contributed by atoms with van der Waals surface area (Å²) in [6.45, 7) is 0.336. The van der Waals surface area contributed by atoms with Gasteiger partial charge in [0.2, 0.25) is 5.57 Å². The van der Waals surface area contributed by atoms with Crippen LogP contribution in [0.5, 0.6) is 0 Å². The first kappa shape index (κ1) is 7.17. The van der Waals surface area contributed by atoms with Crippen LogP contribution >= 0.6 is 0 Å². The molecule has 0 unspecified atom stereocenters. The summed E-state index contributed by atoms with van der Waals surface area (Å²) in [7, 11) is 0. The Labute approximate surface area is 63.6 Å². The van der Waals surface area contributed by atoms with Crippen molar-refractivity contribution >= 4 is 0 Å². The van der Waals surface area contributed by atoms with Crippen molar-refractivity contribution in [1.82, 2.24) is 0 Å². The number of ether oxygens (including phenoxy) is 2. The average Bonchev–Trinajstić information content (AvgIpc) is 2.09. The first-order valence-electron chi connectivity index (χ1n) is 2.87. The summed E-state index contributed by atoms with van der Waals surface area (Å²) >= 11 is 0. The molecule has 1 rings (SSSR count). The van der Waals surface area contributed by atoms with E-state index in [0.29, 0.717) is 6.61 Å². The summed E-state index contributed by atoms with van der Waals surface area (Å²) in [4.78, 5) is 0.